The maximum Gasteiger partial charge on any atom is 0.269 e. The van der Waals surface area contributed by atoms with Crippen molar-refractivity contribution in [3.63, 3.8) is 0 Å². The zero-order valence-corrected chi connectivity index (χ0v) is 11.2. The number of hydrogen-bond donors (Lipinski definition) is 2. The van der Waals surface area contributed by atoms with Crippen LogP contribution >= 0.6 is 0 Å². The van der Waals surface area contributed by atoms with Crippen molar-refractivity contribution in [1.82, 2.24) is 14.9 Å². The molecular formula is C10H21N3O4S. The van der Waals surface area contributed by atoms with Gasteiger partial charge in [-0.25, -0.2) is 10.0 Å². The molecular weight excluding hydrogens is 258 g/mol. The van der Waals surface area contributed by atoms with Gasteiger partial charge >= 0.3 is 0 Å². The van der Waals surface area contributed by atoms with Crippen LogP contribution in [-0.4, -0.2) is 90.7 Å². The van der Waals surface area contributed by atoms with E-state index in [1.165, 1.54) is 0 Å². The minimum absolute atomic E-state index is 0.175. The van der Waals surface area contributed by atoms with Crippen LogP contribution in [0.5, 0.6) is 0 Å². The van der Waals surface area contributed by atoms with E-state index in [-0.39, 0.29) is 6.61 Å². The SMILES string of the molecule is O=S(=O)(O)[C@H]1CCN(N2CCN(CCO)CC2)C1. The normalized spacial score (nSPS) is 28.9. The van der Waals surface area contributed by atoms with Crippen LogP contribution in [0.3, 0.4) is 0 Å². The Bertz CT molecular complexity index is 367. The molecule has 2 aliphatic heterocycles. The summed E-state index contributed by atoms with van der Waals surface area (Å²) in [7, 11) is -3.91. The predicted molar refractivity (Wildman–Crippen MR) is 66.6 cm³/mol. The number of nitrogens with zero attached hydrogens (tertiary/aromatic N) is 3. The maximum atomic E-state index is 11.1. The maximum absolute atomic E-state index is 11.1. The Morgan fingerprint density at radius 3 is 2.22 bits per heavy atom. The lowest BCUT2D eigenvalue weighted by Gasteiger charge is -2.39. The Balaban J connectivity index is 1.81. The van der Waals surface area contributed by atoms with E-state index in [1.54, 1.807) is 0 Å². The van der Waals surface area contributed by atoms with Gasteiger partial charge in [0.15, 0.2) is 0 Å². The van der Waals surface area contributed by atoms with E-state index in [4.69, 9.17) is 9.66 Å². The molecule has 2 saturated heterocycles. The van der Waals surface area contributed by atoms with E-state index in [9.17, 15) is 8.42 Å². The minimum Gasteiger partial charge on any atom is -0.395 e. The summed E-state index contributed by atoms with van der Waals surface area (Å²) < 4.78 is 31.2. The van der Waals surface area contributed by atoms with E-state index < -0.39 is 15.4 Å². The number of β-amino-alcohol motifs (C(OH)–C–C–N with tert-alkyl or cyclic N) is 1. The zero-order chi connectivity index (χ0) is 13.2. The second kappa shape index (κ2) is 5.81. The fraction of sp³-hybridized carbons (Fsp3) is 1.00. The standard InChI is InChI=1S/C10H21N3O4S/c14-8-7-11-3-5-12(6-4-11)13-2-1-10(9-13)18(15,16)17/h10,14H,1-9H2,(H,15,16,17)/t10-/m0/s1. The lowest BCUT2D eigenvalue weighted by Crippen LogP contribution is -2.53. The number of hydrazine groups is 1. The third kappa shape index (κ3) is 3.40. The molecule has 8 heteroatoms. The highest BCUT2D eigenvalue weighted by Gasteiger charge is 2.35. The molecule has 2 fully saturated rings. The van der Waals surface area contributed by atoms with Gasteiger partial charge in [0.1, 0.15) is 5.25 Å². The Labute approximate surface area is 108 Å². The van der Waals surface area contributed by atoms with Crippen molar-refractivity contribution in [2.75, 3.05) is 52.4 Å². The largest absolute Gasteiger partial charge is 0.395 e. The molecule has 0 aliphatic carbocycles. The van der Waals surface area contributed by atoms with Crippen LogP contribution < -0.4 is 0 Å². The molecule has 7 nitrogen and oxygen atoms in total. The molecule has 2 N–H and O–H groups in total. The van der Waals surface area contributed by atoms with Crippen LogP contribution in [0.15, 0.2) is 0 Å². The molecule has 106 valence electrons. The summed E-state index contributed by atoms with van der Waals surface area (Å²) in [5.41, 5.74) is 0. The summed E-state index contributed by atoms with van der Waals surface area (Å²) in [6, 6.07) is 0. The lowest BCUT2D eigenvalue weighted by atomic mass is 10.3. The first kappa shape index (κ1) is 14.2. The zero-order valence-electron chi connectivity index (χ0n) is 10.4. The second-order valence-electron chi connectivity index (χ2n) is 4.86. The lowest BCUT2D eigenvalue weighted by molar-refractivity contribution is -0.0420. The molecule has 1 atom stereocenters. The Morgan fingerprint density at radius 1 is 1.06 bits per heavy atom. The molecule has 0 aromatic rings. The second-order valence-corrected chi connectivity index (χ2v) is 6.55. The summed E-state index contributed by atoms with van der Waals surface area (Å²) in [6.07, 6.45) is 0.496. The van der Waals surface area contributed by atoms with Crippen molar-refractivity contribution >= 4 is 10.1 Å². The van der Waals surface area contributed by atoms with Gasteiger partial charge < -0.3 is 5.11 Å². The quantitative estimate of drug-likeness (QED) is 0.604. The summed E-state index contributed by atoms with van der Waals surface area (Å²) in [5.74, 6) is 0. The van der Waals surface area contributed by atoms with Crippen LogP contribution in [0.2, 0.25) is 0 Å². The van der Waals surface area contributed by atoms with Crippen LogP contribution in [0.4, 0.5) is 0 Å². The summed E-state index contributed by atoms with van der Waals surface area (Å²) in [4.78, 5) is 2.19. The average Bonchev–Trinajstić information content (AvgIpc) is 2.79. The smallest absolute Gasteiger partial charge is 0.269 e. The molecule has 2 heterocycles. The summed E-state index contributed by atoms with van der Waals surface area (Å²) in [5, 5.41) is 12.4. The molecule has 0 unspecified atom stereocenters. The van der Waals surface area contributed by atoms with Crippen molar-refractivity contribution in [2.45, 2.75) is 11.7 Å². The van der Waals surface area contributed by atoms with Crippen molar-refractivity contribution in [3.8, 4) is 0 Å². The van der Waals surface area contributed by atoms with Gasteiger partial charge in [-0.1, -0.05) is 0 Å². The predicted octanol–water partition coefficient (Wildman–Crippen LogP) is -1.53. The van der Waals surface area contributed by atoms with Gasteiger partial charge in [-0.2, -0.15) is 8.42 Å². The van der Waals surface area contributed by atoms with Gasteiger partial charge in [-0.3, -0.25) is 9.45 Å². The van der Waals surface area contributed by atoms with Gasteiger partial charge in [-0.05, 0) is 6.42 Å². The fourth-order valence-corrected chi connectivity index (χ4v) is 3.36. The Morgan fingerprint density at radius 2 is 1.72 bits per heavy atom. The van der Waals surface area contributed by atoms with Crippen molar-refractivity contribution in [3.05, 3.63) is 0 Å². The first-order valence-corrected chi connectivity index (χ1v) is 7.80. The minimum atomic E-state index is -3.91. The van der Waals surface area contributed by atoms with Gasteiger partial charge in [0, 0.05) is 45.8 Å². The fourth-order valence-electron chi connectivity index (χ4n) is 2.60. The molecule has 0 saturated carbocycles. The number of aliphatic hydroxyl groups excluding tert-OH is 1. The summed E-state index contributed by atoms with van der Waals surface area (Å²) >= 11 is 0. The highest BCUT2D eigenvalue weighted by atomic mass is 32.2. The molecule has 0 spiro atoms. The van der Waals surface area contributed by atoms with Gasteiger partial charge in [-0.15, -0.1) is 0 Å². The monoisotopic (exact) mass is 279 g/mol. The van der Waals surface area contributed by atoms with E-state index in [1.807, 2.05) is 5.01 Å². The van der Waals surface area contributed by atoms with Crippen LogP contribution in [0.25, 0.3) is 0 Å². The van der Waals surface area contributed by atoms with Crippen molar-refractivity contribution < 1.29 is 18.1 Å². The van der Waals surface area contributed by atoms with Gasteiger partial charge in [0.2, 0.25) is 0 Å². The third-order valence-electron chi connectivity index (χ3n) is 3.71. The van der Waals surface area contributed by atoms with E-state index >= 15 is 0 Å². The molecule has 2 rings (SSSR count). The molecule has 2 aliphatic rings. The first-order valence-electron chi connectivity index (χ1n) is 6.30. The van der Waals surface area contributed by atoms with E-state index in [2.05, 4.69) is 9.91 Å². The van der Waals surface area contributed by atoms with E-state index in [0.29, 0.717) is 26.1 Å². The van der Waals surface area contributed by atoms with Gasteiger partial charge in [0.05, 0.1) is 6.61 Å². The number of rotatable bonds is 4. The van der Waals surface area contributed by atoms with Gasteiger partial charge in [0.25, 0.3) is 10.1 Å². The molecule has 18 heavy (non-hydrogen) atoms. The van der Waals surface area contributed by atoms with E-state index in [0.717, 1.165) is 26.2 Å². The molecule has 0 bridgehead atoms. The number of hydrogen-bond acceptors (Lipinski definition) is 6. The molecule has 0 aromatic heterocycles. The average molecular weight is 279 g/mol. The molecule has 0 aromatic carbocycles. The first-order chi connectivity index (χ1) is 8.50. The third-order valence-corrected chi connectivity index (χ3v) is 4.94. The van der Waals surface area contributed by atoms with Crippen molar-refractivity contribution in [1.29, 1.82) is 0 Å². The topological polar surface area (TPSA) is 84.3 Å². The highest BCUT2D eigenvalue weighted by molar-refractivity contribution is 7.86. The van der Waals surface area contributed by atoms with Crippen LogP contribution in [0.1, 0.15) is 6.42 Å². The van der Waals surface area contributed by atoms with Crippen LogP contribution in [0, 0.1) is 0 Å². The Hall–Kier alpha value is -0.250. The van der Waals surface area contributed by atoms with Crippen molar-refractivity contribution in [2.24, 2.45) is 0 Å². The highest BCUT2D eigenvalue weighted by Crippen LogP contribution is 2.18. The Kier molecular flexibility index (Phi) is 4.57. The summed E-state index contributed by atoms with van der Waals surface area (Å²) in [6.45, 7) is 5.40. The number of piperazine rings is 1. The molecule has 0 radical (unpaired) electrons. The molecule has 0 amide bonds. The number of aliphatic hydroxyl groups is 1. The van der Waals surface area contributed by atoms with Crippen LogP contribution in [-0.2, 0) is 10.1 Å².